The van der Waals surface area contributed by atoms with Crippen molar-refractivity contribution in [3.63, 3.8) is 0 Å². The zero-order valence-electron chi connectivity index (χ0n) is 16.6. The van der Waals surface area contributed by atoms with E-state index in [2.05, 4.69) is 9.97 Å². The molecule has 2 N–H and O–H groups in total. The molecule has 2 saturated heterocycles. The predicted molar refractivity (Wildman–Crippen MR) is 102 cm³/mol. The van der Waals surface area contributed by atoms with E-state index in [4.69, 9.17) is 9.94 Å². The number of nitrogens with zero attached hydrogens (tertiary/aromatic N) is 4. The van der Waals surface area contributed by atoms with E-state index in [0.717, 1.165) is 0 Å². The number of rotatable bonds is 6. The van der Waals surface area contributed by atoms with Gasteiger partial charge in [-0.05, 0) is 6.42 Å². The highest BCUT2D eigenvalue weighted by molar-refractivity contribution is 7.91. The van der Waals surface area contributed by atoms with Crippen LogP contribution in [0.15, 0.2) is 12.4 Å². The fourth-order valence-corrected chi connectivity index (χ4v) is 5.82. The number of hydroxylamine groups is 1. The lowest BCUT2D eigenvalue weighted by atomic mass is 9.98. The van der Waals surface area contributed by atoms with E-state index in [9.17, 15) is 26.4 Å². The number of hydrogen-bond acceptors (Lipinski definition) is 8. The Morgan fingerprint density at radius 3 is 2.32 bits per heavy atom. The molecule has 31 heavy (non-hydrogen) atoms. The van der Waals surface area contributed by atoms with Crippen molar-refractivity contribution >= 4 is 21.7 Å². The van der Waals surface area contributed by atoms with E-state index in [1.807, 2.05) is 0 Å². The minimum Gasteiger partial charge on any atom is -0.381 e. The lowest BCUT2D eigenvalue weighted by molar-refractivity contribution is -0.135. The molecule has 0 saturated carbocycles. The molecule has 174 valence electrons. The molecule has 0 bridgehead atoms. The molecule has 2 aliphatic heterocycles. The molecule has 14 heteroatoms. The smallest absolute Gasteiger partial charge is 0.381 e. The molecule has 1 aromatic rings. The van der Waals surface area contributed by atoms with E-state index in [1.165, 1.54) is 22.2 Å². The number of ether oxygens (including phenoxy) is 1. The zero-order chi connectivity index (χ0) is 22.7. The number of anilines is 1. The SMILES string of the molecule is O=C(NO)C1(S(=O)(=O)N2CCN(c3cnc(CCC(F)(F)F)cn3)CC2)CCOCC1. The van der Waals surface area contributed by atoms with Crippen LogP contribution in [0.3, 0.4) is 0 Å². The van der Waals surface area contributed by atoms with Crippen molar-refractivity contribution in [1.29, 1.82) is 0 Å². The molecule has 2 aliphatic rings. The molecule has 0 radical (unpaired) electrons. The second kappa shape index (κ2) is 9.22. The van der Waals surface area contributed by atoms with Gasteiger partial charge in [-0.3, -0.25) is 15.0 Å². The van der Waals surface area contributed by atoms with E-state index in [1.54, 1.807) is 4.90 Å². The number of amides is 1. The van der Waals surface area contributed by atoms with E-state index < -0.39 is 33.3 Å². The number of sulfonamides is 1. The Kier molecular flexibility index (Phi) is 7.03. The van der Waals surface area contributed by atoms with Crippen molar-refractivity contribution in [2.24, 2.45) is 0 Å². The van der Waals surface area contributed by atoms with Crippen LogP contribution in [0.25, 0.3) is 0 Å². The number of halogens is 3. The summed E-state index contributed by atoms with van der Waals surface area (Å²) in [5.41, 5.74) is 1.70. The van der Waals surface area contributed by atoms with Gasteiger partial charge in [-0.1, -0.05) is 0 Å². The average molecular weight is 467 g/mol. The summed E-state index contributed by atoms with van der Waals surface area (Å²) in [6, 6.07) is 0. The summed E-state index contributed by atoms with van der Waals surface area (Å²) in [6.07, 6.45) is -2.98. The van der Waals surface area contributed by atoms with Gasteiger partial charge in [0.1, 0.15) is 5.82 Å². The number of nitrogens with one attached hydrogen (secondary N) is 1. The molecule has 10 nitrogen and oxygen atoms in total. The zero-order valence-corrected chi connectivity index (χ0v) is 17.5. The van der Waals surface area contributed by atoms with Gasteiger partial charge >= 0.3 is 6.18 Å². The van der Waals surface area contributed by atoms with Gasteiger partial charge in [-0.2, -0.15) is 17.5 Å². The largest absolute Gasteiger partial charge is 0.389 e. The summed E-state index contributed by atoms with van der Waals surface area (Å²) in [4.78, 5) is 22.2. The Hall–Kier alpha value is -2.03. The van der Waals surface area contributed by atoms with Gasteiger partial charge < -0.3 is 9.64 Å². The highest BCUT2D eigenvalue weighted by Gasteiger charge is 2.54. The van der Waals surface area contributed by atoms with E-state index >= 15 is 0 Å². The lowest BCUT2D eigenvalue weighted by Crippen LogP contribution is -2.62. The van der Waals surface area contributed by atoms with Crippen molar-refractivity contribution < 1.29 is 36.3 Å². The monoisotopic (exact) mass is 467 g/mol. The molecular formula is C17H24F3N5O5S. The molecule has 0 aromatic carbocycles. The molecular weight excluding hydrogens is 443 g/mol. The maximum absolute atomic E-state index is 13.3. The topological polar surface area (TPSA) is 125 Å². The van der Waals surface area contributed by atoms with Gasteiger partial charge in [0.25, 0.3) is 5.91 Å². The van der Waals surface area contributed by atoms with Crippen molar-refractivity contribution in [3.8, 4) is 0 Å². The Morgan fingerprint density at radius 1 is 1.16 bits per heavy atom. The molecule has 0 spiro atoms. The fraction of sp³-hybridized carbons (Fsp3) is 0.706. The first-order valence-electron chi connectivity index (χ1n) is 9.74. The molecule has 3 heterocycles. The molecule has 1 aromatic heterocycles. The van der Waals surface area contributed by atoms with Crippen LogP contribution in [0.2, 0.25) is 0 Å². The van der Waals surface area contributed by atoms with Crippen LogP contribution in [0.1, 0.15) is 25.0 Å². The predicted octanol–water partition coefficient (Wildman–Crippen LogP) is 0.478. The number of carbonyl (C=O) groups is 1. The summed E-state index contributed by atoms with van der Waals surface area (Å²) < 4.78 is 68.1. The fourth-order valence-electron chi connectivity index (χ4n) is 3.72. The van der Waals surface area contributed by atoms with Crippen LogP contribution in [-0.4, -0.2) is 84.1 Å². The van der Waals surface area contributed by atoms with Crippen LogP contribution in [-0.2, 0) is 26.0 Å². The van der Waals surface area contributed by atoms with Crippen molar-refractivity contribution in [2.45, 2.75) is 36.6 Å². The number of carbonyl (C=O) groups excluding carboxylic acids is 1. The first-order chi connectivity index (χ1) is 14.6. The average Bonchev–Trinajstić information content (AvgIpc) is 2.77. The summed E-state index contributed by atoms with van der Waals surface area (Å²) in [6.45, 7) is 0.875. The number of piperazine rings is 1. The quantitative estimate of drug-likeness (QED) is 0.457. The Bertz CT molecular complexity index is 867. The minimum atomic E-state index is -4.27. The van der Waals surface area contributed by atoms with Gasteiger partial charge in [-0.25, -0.2) is 18.9 Å². The van der Waals surface area contributed by atoms with Gasteiger partial charge in [-0.15, -0.1) is 0 Å². The highest BCUT2D eigenvalue weighted by atomic mass is 32.2. The molecule has 2 fully saturated rings. The summed E-state index contributed by atoms with van der Waals surface area (Å²) in [5.74, 6) is -0.541. The Morgan fingerprint density at radius 2 is 1.81 bits per heavy atom. The third-order valence-corrected chi connectivity index (χ3v) is 8.19. The van der Waals surface area contributed by atoms with Gasteiger partial charge in [0, 0.05) is 58.7 Å². The number of hydrogen-bond donors (Lipinski definition) is 2. The summed E-state index contributed by atoms with van der Waals surface area (Å²) in [5, 5.41) is 9.10. The van der Waals surface area contributed by atoms with Gasteiger partial charge in [0.2, 0.25) is 10.0 Å². The van der Waals surface area contributed by atoms with Crippen LogP contribution < -0.4 is 10.4 Å². The lowest BCUT2D eigenvalue weighted by Gasteiger charge is -2.41. The van der Waals surface area contributed by atoms with Crippen LogP contribution in [0, 0.1) is 0 Å². The second-order valence-electron chi connectivity index (χ2n) is 7.42. The molecule has 0 unspecified atom stereocenters. The molecule has 0 aliphatic carbocycles. The first kappa shape index (κ1) is 23.6. The highest BCUT2D eigenvalue weighted by Crippen LogP contribution is 2.33. The first-order valence-corrected chi connectivity index (χ1v) is 11.2. The van der Waals surface area contributed by atoms with E-state index in [0.29, 0.717) is 5.82 Å². The number of aryl methyl sites for hydroxylation is 1. The standard InChI is InChI=1S/C17H24F3N5O5S/c18-17(19,20)2-1-13-11-22-14(12-21-13)24-5-7-25(8-6-24)31(28,29)16(15(26)23-27)3-9-30-10-4-16/h11-12,27H,1-10H2,(H,23,26). The maximum Gasteiger partial charge on any atom is 0.389 e. The van der Waals surface area contributed by atoms with Crippen LogP contribution in [0.5, 0.6) is 0 Å². The van der Waals surface area contributed by atoms with Crippen molar-refractivity contribution in [1.82, 2.24) is 19.8 Å². The second-order valence-corrected chi connectivity index (χ2v) is 9.67. The molecule has 0 atom stereocenters. The molecule has 1 amide bonds. The summed E-state index contributed by atoms with van der Waals surface area (Å²) in [7, 11) is -4.08. The van der Waals surface area contributed by atoms with Gasteiger partial charge in [0.05, 0.1) is 18.1 Å². The third-order valence-electron chi connectivity index (χ3n) is 5.57. The van der Waals surface area contributed by atoms with Crippen LogP contribution in [0.4, 0.5) is 19.0 Å². The number of alkyl halides is 3. The van der Waals surface area contributed by atoms with Crippen molar-refractivity contribution in [3.05, 3.63) is 18.1 Å². The van der Waals surface area contributed by atoms with E-state index in [-0.39, 0.29) is 64.3 Å². The summed E-state index contributed by atoms with van der Waals surface area (Å²) >= 11 is 0. The van der Waals surface area contributed by atoms with Gasteiger partial charge in [0.15, 0.2) is 4.75 Å². The minimum absolute atomic E-state index is 0.0627. The van der Waals surface area contributed by atoms with Crippen LogP contribution >= 0.6 is 0 Å². The van der Waals surface area contributed by atoms with Crippen molar-refractivity contribution in [2.75, 3.05) is 44.3 Å². The normalized spacial score (nSPS) is 20.5. The Labute approximate surface area is 177 Å². The maximum atomic E-state index is 13.3. The third kappa shape index (κ3) is 5.07. The Balaban J connectivity index is 1.65. The molecule has 3 rings (SSSR count). The number of aromatic nitrogens is 2.